The molecule has 34 heavy (non-hydrogen) atoms. The molecule has 2 saturated carbocycles. The van der Waals surface area contributed by atoms with E-state index < -0.39 is 22.4 Å². The van der Waals surface area contributed by atoms with Crippen molar-refractivity contribution in [2.24, 2.45) is 22.6 Å². The molecule has 1 aromatic heterocycles. The monoisotopic (exact) mass is 478 g/mol. The van der Waals surface area contributed by atoms with Crippen LogP contribution in [-0.4, -0.2) is 39.8 Å². The predicted octanol–water partition coefficient (Wildman–Crippen LogP) is 4.40. The molecule has 0 spiro atoms. The maximum absolute atomic E-state index is 14.9. The molecule has 2 N–H and O–H groups in total. The molecule has 2 heterocycles. The molecular formula is C26H24F2N4OS. The van der Waals surface area contributed by atoms with Gasteiger partial charge < -0.3 is 10.6 Å². The van der Waals surface area contributed by atoms with Crippen LogP contribution in [0.4, 0.5) is 8.78 Å². The van der Waals surface area contributed by atoms with E-state index in [4.69, 9.17) is 5.73 Å². The molecule has 1 aromatic carbocycles. The zero-order valence-corrected chi connectivity index (χ0v) is 19.7. The summed E-state index contributed by atoms with van der Waals surface area (Å²) < 4.78 is 29.1. The van der Waals surface area contributed by atoms with Gasteiger partial charge in [-0.15, -0.1) is 0 Å². The van der Waals surface area contributed by atoms with Crippen LogP contribution in [0.15, 0.2) is 41.5 Å². The first-order valence-corrected chi connectivity index (χ1v) is 12.0. The van der Waals surface area contributed by atoms with Crippen molar-refractivity contribution in [1.29, 1.82) is 0 Å². The van der Waals surface area contributed by atoms with Crippen molar-refractivity contribution in [3.63, 3.8) is 0 Å². The zero-order chi connectivity index (χ0) is 24.0. The highest BCUT2D eigenvalue weighted by Gasteiger charge is 2.67. The van der Waals surface area contributed by atoms with Crippen molar-refractivity contribution >= 4 is 34.7 Å². The van der Waals surface area contributed by atoms with E-state index in [2.05, 4.69) is 21.8 Å². The van der Waals surface area contributed by atoms with E-state index in [1.54, 1.807) is 38.5 Å². The Balaban J connectivity index is 1.40. The van der Waals surface area contributed by atoms with Crippen LogP contribution in [0.1, 0.15) is 47.7 Å². The lowest BCUT2D eigenvalue weighted by Crippen LogP contribution is -2.39. The number of aliphatic imine (C=N–C) groups is 1. The molecule has 3 aliphatic rings. The van der Waals surface area contributed by atoms with Gasteiger partial charge in [0, 0.05) is 43.3 Å². The molecule has 1 amide bonds. The normalized spacial score (nSPS) is 25.5. The third-order valence-corrected chi connectivity index (χ3v) is 7.63. The van der Waals surface area contributed by atoms with Gasteiger partial charge in [0.15, 0.2) is 5.17 Å². The predicted molar refractivity (Wildman–Crippen MR) is 131 cm³/mol. The molecule has 5 rings (SSSR count). The molecule has 2 fully saturated rings. The van der Waals surface area contributed by atoms with Crippen molar-refractivity contribution < 1.29 is 13.6 Å². The van der Waals surface area contributed by atoms with Crippen molar-refractivity contribution in [1.82, 2.24) is 9.88 Å². The zero-order valence-electron chi connectivity index (χ0n) is 18.9. The summed E-state index contributed by atoms with van der Waals surface area (Å²) in [5, 5.41) is 0.259. The van der Waals surface area contributed by atoms with Gasteiger partial charge >= 0.3 is 0 Å². The van der Waals surface area contributed by atoms with E-state index in [9.17, 15) is 13.6 Å². The quantitative estimate of drug-likeness (QED) is 0.662. The molecule has 3 atom stereocenters. The number of amidine groups is 1. The number of nitrogens with two attached hydrogens (primary N) is 1. The lowest BCUT2D eigenvalue weighted by atomic mass is 9.97. The molecule has 2 aliphatic carbocycles. The summed E-state index contributed by atoms with van der Waals surface area (Å²) >= 11 is 1.25. The Hall–Kier alpha value is -3.18. The fourth-order valence-corrected chi connectivity index (χ4v) is 5.62. The molecule has 2 aromatic rings. The van der Waals surface area contributed by atoms with E-state index >= 15 is 0 Å². The molecular weight excluding hydrogens is 454 g/mol. The SMILES string of the molecule is CN(C)C(=O)[C@]12C[C@H]1[C@@H](c1cc(/C=C(\F)c3ccc(C#CC4CC4)cn3)ccc1F)N=C(N)S2. The molecule has 0 bridgehead atoms. The van der Waals surface area contributed by atoms with Crippen molar-refractivity contribution in [2.45, 2.75) is 30.1 Å². The van der Waals surface area contributed by atoms with Gasteiger partial charge in [-0.2, -0.15) is 0 Å². The number of fused-ring (bicyclic) bond motifs is 1. The van der Waals surface area contributed by atoms with E-state index in [-0.39, 0.29) is 22.7 Å². The number of carbonyl (C=O) groups is 1. The van der Waals surface area contributed by atoms with Gasteiger partial charge in [0.05, 0.1) is 11.7 Å². The van der Waals surface area contributed by atoms with Crippen LogP contribution in [0.5, 0.6) is 0 Å². The van der Waals surface area contributed by atoms with Crippen LogP contribution in [0.25, 0.3) is 11.9 Å². The van der Waals surface area contributed by atoms with E-state index in [0.717, 1.165) is 18.4 Å². The van der Waals surface area contributed by atoms with Crippen LogP contribution in [0, 0.1) is 29.5 Å². The number of nitrogens with zero attached hydrogens (tertiary/aromatic N) is 3. The summed E-state index contributed by atoms with van der Waals surface area (Å²) in [5.74, 6) is 5.48. The number of hydrogen-bond donors (Lipinski definition) is 1. The molecule has 8 heteroatoms. The van der Waals surface area contributed by atoms with E-state index in [1.165, 1.54) is 34.9 Å². The Morgan fingerprint density at radius 2 is 2.09 bits per heavy atom. The number of benzene rings is 1. The highest BCUT2D eigenvalue weighted by Crippen LogP contribution is 2.64. The van der Waals surface area contributed by atoms with Crippen LogP contribution >= 0.6 is 11.8 Å². The summed E-state index contributed by atoms with van der Waals surface area (Å²) in [7, 11) is 3.39. The first-order chi connectivity index (χ1) is 16.3. The van der Waals surface area contributed by atoms with E-state index in [1.807, 2.05) is 0 Å². The Kier molecular flexibility index (Phi) is 5.68. The van der Waals surface area contributed by atoms with E-state index in [0.29, 0.717) is 23.5 Å². The first kappa shape index (κ1) is 22.6. The van der Waals surface area contributed by atoms with Crippen LogP contribution in [-0.2, 0) is 4.79 Å². The average molecular weight is 479 g/mol. The second-order valence-corrected chi connectivity index (χ2v) is 10.5. The Morgan fingerprint density at radius 1 is 1.29 bits per heavy atom. The van der Waals surface area contributed by atoms with Gasteiger partial charge in [0.1, 0.15) is 16.4 Å². The van der Waals surface area contributed by atoms with Gasteiger partial charge in [0.2, 0.25) is 5.91 Å². The highest BCUT2D eigenvalue weighted by atomic mass is 32.2. The smallest absolute Gasteiger partial charge is 0.239 e. The molecule has 0 saturated heterocycles. The minimum absolute atomic E-state index is 0.0517. The highest BCUT2D eigenvalue weighted by molar-refractivity contribution is 8.15. The number of hydrogen-bond acceptors (Lipinski definition) is 5. The maximum Gasteiger partial charge on any atom is 0.239 e. The third kappa shape index (κ3) is 4.32. The largest absolute Gasteiger partial charge is 0.378 e. The van der Waals surface area contributed by atoms with Gasteiger partial charge in [-0.05, 0) is 55.2 Å². The number of amides is 1. The Morgan fingerprint density at radius 3 is 2.76 bits per heavy atom. The van der Waals surface area contributed by atoms with Gasteiger partial charge in [0.25, 0.3) is 0 Å². The topological polar surface area (TPSA) is 71.6 Å². The van der Waals surface area contributed by atoms with Crippen molar-refractivity contribution in [2.75, 3.05) is 14.1 Å². The number of pyridine rings is 1. The number of carbonyl (C=O) groups excluding carboxylic acids is 1. The van der Waals surface area contributed by atoms with Crippen LogP contribution in [0.3, 0.4) is 0 Å². The molecule has 0 radical (unpaired) electrons. The minimum atomic E-state index is -0.711. The van der Waals surface area contributed by atoms with Crippen LogP contribution < -0.4 is 5.73 Å². The molecule has 1 aliphatic heterocycles. The first-order valence-electron chi connectivity index (χ1n) is 11.2. The number of thioether (sulfide) groups is 1. The number of rotatable bonds is 4. The number of halogens is 2. The van der Waals surface area contributed by atoms with Crippen molar-refractivity contribution in [3.8, 4) is 11.8 Å². The van der Waals surface area contributed by atoms with Gasteiger partial charge in [-0.3, -0.25) is 14.8 Å². The van der Waals surface area contributed by atoms with Crippen molar-refractivity contribution in [3.05, 3.63) is 64.7 Å². The van der Waals surface area contributed by atoms with Crippen LogP contribution in [0.2, 0.25) is 0 Å². The fourth-order valence-electron chi connectivity index (χ4n) is 4.27. The Bertz CT molecular complexity index is 1270. The van der Waals surface area contributed by atoms with Gasteiger partial charge in [-0.1, -0.05) is 29.7 Å². The molecule has 174 valence electrons. The molecule has 5 nitrogen and oxygen atoms in total. The fraction of sp³-hybridized carbons (Fsp3) is 0.346. The summed E-state index contributed by atoms with van der Waals surface area (Å²) in [5.41, 5.74) is 7.74. The standard InChI is InChI=1S/C26H24F2N4OS/c1-32(2)24(33)26-13-19(26)23(31-25(29)34-26)18-11-17(7-9-20(18)27)12-21(28)22-10-8-16(14-30-22)6-5-15-3-4-15/h7-12,14-15,19,23H,3-4,13H2,1-2H3,(H2,29,31)/b21-12-/t19-,23+,26-/m0/s1. The minimum Gasteiger partial charge on any atom is -0.378 e. The Labute approximate surface area is 201 Å². The molecule has 0 unspecified atom stereocenters. The summed E-state index contributed by atoms with van der Waals surface area (Å²) in [4.78, 5) is 22.9. The average Bonchev–Trinajstić information content (AvgIpc) is 3.73. The lowest BCUT2D eigenvalue weighted by molar-refractivity contribution is -0.129. The van der Waals surface area contributed by atoms with Gasteiger partial charge in [-0.25, -0.2) is 8.78 Å². The second-order valence-electron chi connectivity index (χ2n) is 9.16. The second kappa shape index (κ2) is 8.55. The lowest BCUT2D eigenvalue weighted by Gasteiger charge is -2.27. The maximum atomic E-state index is 14.9. The summed E-state index contributed by atoms with van der Waals surface area (Å²) in [6.07, 6.45) is 5.72. The summed E-state index contributed by atoms with van der Waals surface area (Å²) in [6.45, 7) is 0. The number of aromatic nitrogens is 1. The third-order valence-electron chi connectivity index (χ3n) is 6.30. The summed E-state index contributed by atoms with van der Waals surface area (Å²) in [6, 6.07) is 7.11.